The van der Waals surface area contributed by atoms with Gasteiger partial charge in [0.05, 0.1) is 6.61 Å². The van der Waals surface area contributed by atoms with Gasteiger partial charge in [0, 0.05) is 26.0 Å². The summed E-state index contributed by atoms with van der Waals surface area (Å²) in [6.45, 7) is 4.73. The Morgan fingerprint density at radius 1 is 1.50 bits per heavy atom. The Bertz CT molecular complexity index is 456. The molecule has 0 fully saturated rings. The minimum absolute atomic E-state index is 0.0201. The summed E-state index contributed by atoms with van der Waals surface area (Å²) in [5.41, 5.74) is -0.189. The Hall–Kier alpha value is -1.85. The maximum absolute atomic E-state index is 12.0. The van der Waals surface area contributed by atoms with Crippen LogP contribution in [0.4, 0.5) is 5.82 Å². The largest absolute Gasteiger partial charge is 0.465 e. The van der Waals surface area contributed by atoms with Gasteiger partial charge in [0.15, 0.2) is 5.82 Å². The number of nitrogens with zero attached hydrogens (tertiary/aromatic N) is 3. The van der Waals surface area contributed by atoms with Crippen LogP contribution in [0.1, 0.15) is 20.3 Å². The second-order valence-corrected chi connectivity index (χ2v) is 3.91. The van der Waals surface area contributed by atoms with Gasteiger partial charge in [-0.2, -0.15) is 0 Å². The van der Waals surface area contributed by atoms with E-state index in [9.17, 15) is 9.59 Å². The Morgan fingerprint density at radius 3 is 2.83 bits per heavy atom. The molecule has 0 spiro atoms. The van der Waals surface area contributed by atoms with Gasteiger partial charge in [0.1, 0.15) is 6.54 Å². The standard InChI is InChI=1S/C12H19N3O3/c1-4-7-15-8-6-13-11(12(15)17)14(3)9-10(16)18-5-2/h6,8H,4-5,7,9H2,1-3H3. The molecule has 0 atom stereocenters. The lowest BCUT2D eigenvalue weighted by Crippen LogP contribution is -2.34. The molecule has 6 nitrogen and oxygen atoms in total. The van der Waals surface area contributed by atoms with Crippen LogP contribution in [-0.2, 0) is 16.1 Å². The number of likely N-dealkylation sites (N-methyl/N-ethyl adjacent to an activating group) is 1. The fourth-order valence-electron chi connectivity index (χ4n) is 1.59. The van der Waals surface area contributed by atoms with Gasteiger partial charge >= 0.3 is 5.97 Å². The highest BCUT2D eigenvalue weighted by atomic mass is 16.5. The van der Waals surface area contributed by atoms with E-state index in [-0.39, 0.29) is 23.9 Å². The van der Waals surface area contributed by atoms with Crippen LogP contribution in [0.25, 0.3) is 0 Å². The fourth-order valence-corrected chi connectivity index (χ4v) is 1.59. The summed E-state index contributed by atoms with van der Waals surface area (Å²) in [4.78, 5) is 28.9. The molecule has 0 saturated heterocycles. The first-order chi connectivity index (χ1) is 8.60. The minimum Gasteiger partial charge on any atom is -0.465 e. The van der Waals surface area contributed by atoms with Gasteiger partial charge in [-0.3, -0.25) is 9.59 Å². The maximum Gasteiger partial charge on any atom is 0.325 e. The average molecular weight is 253 g/mol. The molecule has 0 aliphatic heterocycles. The first-order valence-electron chi connectivity index (χ1n) is 6.02. The number of aryl methyl sites for hydroxylation is 1. The Balaban J connectivity index is 2.85. The van der Waals surface area contributed by atoms with Gasteiger partial charge in [0.25, 0.3) is 5.56 Å². The van der Waals surface area contributed by atoms with Gasteiger partial charge < -0.3 is 14.2 Å². The van der Waals surface area contributed by atoms with Crippen molar-refractivity contribution in [2.75, 3.05) is 25.1 Å². The number of esters is 1. The molecule has 0 aliphatic rings. The second kappa shape index (κ2) is 6.78. The zero-order chi connectivity index (χ0) is 13.5. The van der Waals surface area contributed by atoms with E-state index in [2.05, 4.69) is 4.98 Å². The molecule has 0 N–H and O–H groups in total. The molecule has 0 amide bonds. The van der Waals surface area contributed by atoms with Crippen LogP contribution >= 0.6 is 0 Å². The van der Waals surface area contributed by atoms with Crippen LogP contribution in [0.15, 0.2) is 17.2 Å². The lowest BCUT2D eigenvalue weighted by Gasteiger charge is -2.17. The predicted molar refractivity (Wildman–Crippen MR) is 68.7 cm³/mol. The van der Waals surface area contributed by atoms with E-state index >= 15 is 0 Å². The van der Waals surface area contributed by atoms with Crippen molar-refractivity contribution in [3.05, 3.63) is 22.7 Å². The Morgan fingerprint density at radius 2 is 2.22 bits per heavy atom. The van der Waals surface area contributed by atoms with Crippen molar-refractivity contribution in [2.45, 2.75) is 26.8 Å². The van der Waals surface area contributed by atoms with Crippen molar-refractivity contribution in [3.8, 4) is 0 Å². The van der Waals surface area contributed by atoms with Gasteiger partial charge in [-0.15, -0.1) is 0 Å². The first kappa shape index (κ1) is 14.2. The summed E-state index contributed by atoms with van der Waals surface area (Å²) < 4.78 is 6.42. The number of ether oxygens (including phenoxy) is 1. The number of anilines is 1. The molecule has 6 heteroatoms. The molecule has 1 aromatic heterocycles. The number of hydrogen-bond acceptors (Lipinski definition) is 5. The molecule has 100 valence electrons. The normalized spacial score (nSPS) is 10.2. The topological polar surface area (TPSA) is 64.4 Å². The highest BCUT2D eigenvalue weighted by Crippen LogP contribution is 2.01. The van der Waals surface area contributed by atoms with Gasteiger partial charge in [-0.05, 0) is 13.3 Å². The highest BCUT2D eigenvalue weighted by Gasteiger charge is 2.13. The predicted octanol–water partition coefficient (Wildman–Crippen LogP) is 0.653. The highest BCUT2D eigenvalue weighted by molar-refractivity contribution is 5.75. The molecule has 0 radical (unpaired) electrons. The molecule has 18 heavy (non-hydrogen) atoms. The molecule has 1 heterocycles. The van der Waals surface area contributed by atoms with Crippen LogP contribution in [0.3, 0.4) is 0 Å². The van der Waals surface area contributed by atoms with Crippen LogP contribution < -0.4 is 10.5 Å². The summed E-state index contributed by atoms with van der Waals surface area (Å²) in [5.74, 6) is -0.105. The van der Waals surface area contributed by atoms with Crippen molar-refractivity contribution in [1.82, 2.24) is 9.55 Å². The van der Waals surface area contributed by atoms with E-state index in [0.29, 0.717) is 13.2 Å². The van der Waals surface area contributed by atoms with E-state index in [1.54, 1.807) is 30.9 Å². The molecule has 1 rings (SSSR count). The quantitative estimate of drug-likeness (QED) is 0.697. The van der Waals surface area contributed by atoms with E-state index in [4.69, 9.17) is 4.74 Å². The van der Waals surface area contributed by atoms with E-state index in [1.165, 1.54) is 4.90 Å². The Kier molecular flexibility index (Phi) is 5.35. The fraction of sp³-hybridized carbons (Fsp3) is 0.583. The van der Waals surface area contributed by atoms with Gasteiger partial charge in [-0.25, -0.2) is 4.98 Å². The van der Waals surface area contributed by atoms with Crippen molar-refractivity contribution in [3.63, 3.8) is 0 Å². The summed E-state index contributed by atoms with van der Waals surface area (Å²) in [6, 6.07) is 0. The SMILES string of the molecule is CCCn1ccnc(N(C)CC(=O)OCC)c1=O. The van der Waals surface area contributed by atoms with Crippen LogP contribution in [0, 0.1) is 0 Å². The number of aromatic nitrogens is 2. The number of rotatable bonds is 6. The van der Waals surface area contributed by atoms with Crippen LogP contribution in [-0.4, -0.2) is 35.7 Å². The number of carbonyl (C=O) groups is 1. The third kappa shape index (κ3) is 3.58. The molecule has 0 unspecified atom stereocenters. The third-order valence-corrected chi connectivity index (χ3v) is 2.39. The summed E-state index contributed by atoms with van der Waals surface area (Å²) in [6.07, 6.45) is 4.08. The van der Waals surface area contributed by atoms with E-state index in [0.717, 1.165) is 6.42 Å². The molecule has 0 saturated carbocycles. The summed E-state index contributed by atoms with van der Waals surface area (Å²) >= 11 is 0. The van der Waals surface area contributed by atoms with Crippen molar-refractivity contribution in [2.24, 2.45) is 0 Å². The zero-order valence-corrected chi connectivity index (χ0v) is 11.0. The van der Waals surface area contributed by atoms with Crippen LogP contribution in [0.2, 0.25) is 0 Å². The van der Waals surface area contributed by atoms with Crippen LogP contribution in [0.5, 0.6) is 0 Å². The monoisotopic (exact) mass is 253 g/mol. The van der Waals surface area contributed by atoms with Crippen molar-refractivity contribution in [1.29, 1.82) is 0 Å². The average Bonchev–Trinajstić information content (AvgIpc) is 2.32. The first-order valence-corrected chi connectivity index (χ1v) is 6.02. The molecular formula is C12H19N3O3. The lowest BCUT2D eigenvalue weighted by atomic mass is 10.4. The molecule has 0 bridgehead atoms. The molecule has 0 aliphatic carbocycles. The molecular weight excluding hydrogens is 234 g/mol. The van der Waals surface area contributed by atoms with E-state index < -0.39 is 0 Å². The summed E-state index contributed by atoms with van der Waals surface area (Å²) in [5, 5.41) is 0. The Labute approximate surface area is 106 Å². The second-order valence-electron chi connectivity index (χ2n) is 3.91. The van der Waals surface area contributed by atoms with E-state index in [1.807, 2.05) is 6.92 Å². The number of carbonyl (C=O) groups excluding carboxylic acids is 1. The number of hydrogen-bond donors (Lipinski definition) is 0. The smallest absolute Gasteiger partial charge is 0.325 e. The molecule has 1 aromatic rings. The lowest BCUT2D eigenvalue weighted by molar-refractivity contribution is -0.141. The zero-order valence-electron chi connectivity index (χ0n) is 11.0. The van der Waals surface area contributed by atoms with Gasteiger partial charge in [0.2, 0.25) is 0 Å². The summed E-state index contributed by atoms with van der Waals surface area (Å²) in [7, 11) is 1.65. The van der Waals surface area contributed by atoms with Crippen molar-refractivity contribution >= 4 is 11.8 Å². The molecule has 0 aromatic carbocycles. The minimum atomic E-state index is -0.368. The maximum atomic E-state index is 12.0. The van der Waals surface area contributed by atoms with Crippen molar-refractivity contribution < 1.29 is 9.53 Å². The van der Waals surface area contributed by atoms with Gasteiger partial charge in [-0.1, -0.05) is 6.92 Å². The third-order valence-electron chi connectivity index (χ3n) is 2.39.